The number of rotatable bonds is 7. The van der Waals surface area contributed by atoms with Crippen molar-refractivity contribution in [3.63, 3.8) is 0 Å². The number of hydrogen-bond acceptors (Lipinski definition) is 3. The minimum absolute atomic E-state index is 0.0994. The number of carbonyl (C=O) groups excluding carboxylic acids is 1. The molecule has 0 unspecified atom stereocenters. The lowest BCUT2D eigenvalue weighted by Gasteiger charge is -2.16. The molecule has 2 amide bonds. The molecule has 0 saturated heterocycles. The van der Waals surface area contributed by atoms with Crippen LogP contribution in [-0.2, 0) is 6.61 Å². The molecule has 132 valence electrons. The second-order valence-corrected chi connectivity index (χ2v) is 6.66. The Hall–Kier alpha value is -2.53. The number of ether oxygens (including phenoxy) is 1. The van der Waals surface area contributed by atoms with Gasteiger partial charge in [0.05, 0.1) is 6.61 Å². The Morgan fingerprint density at radius 1 is 1.16 bits per heavy atom. The predicted octanol–water partition coefficient (Wildman–Crippen LogP) is 3.47. The van der Waals surface area contributed by atoms with Crippen molar-refractivity contribution >= 4 is 11.7 Å². The van der Waals surface area contributed by atoms with Gasteiger partial charge in [0, 0.05) is 17.6 Å². The normalized spacial score (nSPS) is 14.6. The van der Waals surface area contributed by atoms with E-state index in [9.17, 15) is 9.90 Å². The second kappa shape index (κ2) is 7.57. The van der Waals surface area contributed by atoms with Gasteiger partial charge in [0.2, 0.25) is 0 Å². The van der Waals surface area contributed by atoms with Gasteiger partial charge in [-0.2, -0.15) is 0 Å². The smallest absolute Gasteiger partial charge is 0.319 e. The Morgan fingerprint density at radius 3 is 2.60 bits per heavy atom. The summed E-state index contributed by atoms with van der Waals surface area (Å²) in [6.07, 6.45) is 1.93. The number of aliphatic hydroxyl groups is 1. The van der Waals surface area contributed by atoms with Crippen molar-refractivity contribution in [2.75, 3.05) is 18.5 Å². The fourth-order valence-electron chi connectivity index (χ4n) is 2.65. The first kappa shape index (κ1) is 17.3. The van der Waals surface area contributed by atoms with E-state index in [4.69, 9.17) is 4.74 Å². The average Bonchev–Trinajstić information content (AvgIpc) is 3.42. The third-order valence-electron chi connectivity index (χ3n) is 4.75. The molecule has 2 aromatic carbocycles. The fraction of sp³-hybridized carbons (Fsp3) is 0.350. The fourth-order valence-corrected chi connectivity index (χ4v) is 2.65. The Labute approximate surface area is 148 Å². The number of aliphatic hydroxyl groups excluding tert-OH is 1. The van der Waals surface area contributed by atoms with E-state index in [1.54, 1.807) is 0 Å². The largest absolute Gasteiger partial charge is 0.489 e. The van der Waals surface area contributed by atoms with Crippen molar-refractivity contribution in [2.24, 2.45) is 5.41 Å². The van der Waals surface area contributed by atoms with Gasteiger partial charge in [0.15, 0.2) is 0 Å². The molecule has 0 aromatic heterocycles. The summed E-state index contributed by atoms with van der Waals surface area (Å²) in [5.41, 5.74) is 2.67. The number of urea groups is 1. The maximum Gasteiger partial charge on any atom is 0.319 e. The summed E-state index contributed by atoms with van der Waals surface area (Å²) in [7, 11) is 0. The van der Waals surface area contributed by atoms with Crippen LogP contribution in [-0.4, -0.2) is 24.3 Å². The van der Waals surface area contributed by atoms with Crippen LogP contribution in [0.1, 0.15) is 24.0 Å². The van der Waals surface area contributed by atoms with Gasteiger partial charge in [0.1, 0.15) is 12.4 Å². The highest BCUT2D eigenvalue weighted by molar-refractivity contribution is 5.90. The molecule has 1 saturated carbocycles. The van der Waals surface area contributed by atoms with E-state index in [0.717, 1.165) is 35.4 Å². The molecule has 5 heteroatoms. The van der Waals surface area contributed by atoms with E-state index in [0.29, 0.717) is 13.2 Å². The van der Waals surface area contributed by atoms with Crippen molar-refractivity contribution in [1.82, 2.24) is 5.32 Å². The number of nitrogens with one attached hydrogen (secondary N) is 2. The van der Waals surface area contributed by atoms with Crippen molar-refractivity contribution in [1.29, 1.82) is 0 Å². The van der Waals surface area contributed by atoms with Crippen LogP contribution in [0, 0.1) is 12.3 Å². The van der Waals surface area contributed by atoms with Crippen LogP contribution in [0.5, 0.6) is 5.75 Å². The van der Waals surface area contributed by atoms with E-state index in [2.05, 4.69) is 10.6 Å². The molecule has 1 aliphatic rings. The molecular weight excluding hydrogens is 316 g/mol. The third-order valence-corrected chi connectivity index (χ3v) is 4.75. The Bertz CT molecular complexity index is 727. The lowest BCUT2D eigenvalue weighted by molar-refractivity contribution is 0.206. The molecule has 0 aliphatic heterocycles. The van der Waals surface area contributed by atoms with Crippen LogP contribution >= 0.6 is 0 Å². The molecule has 0 radical (unpaired) electrons. The molecular formula is C20H24N2O3. The van der Waals surface area contributed by atoms with E-state index < -0.39 is 0 Å². The monoisotopic (exact) mass is 340 g/mol. The van der Waals surface area contributed by atoms with Crippen LogP contribution in [0.2, 0.25) is 0 Å². The highest BCUT2D eigenvalue weighted by Crippen LogP contribution is 2.44. The number of carbonyl (C=O) groups is 1. The van der Waals surface area contributed by atoms with Gasteiger partial charge in [-0.3, -0.25) is 0 Å². The van der Waals surface area contributed by atoms with Gasteiger partial charge >= 0.3 is 6.03 Å². The Kier molecular flexibility index (Phi) is 5.24. The van der Waals surface area contributed by atoms with Gasteiger partial charge in [-0.15, -0.1) is 0 Å². The van der Waals surface area contributed by atoms with Crippen molar-refractivity contribution < 1.29 is 14.6 Å². The van der Waals surface area contributed by atoms with Crippen molar-refractivity contribution in [3.05, 3.63) is 59.7 Å². The molecule has 5 nitrogen and oxygen atoms in total. The van der Waals surface area contributed by atoms with Crippen molar-refractivity contribution in [3.8, 4) is 5.75 Å². The number of benzene rings is 2. The lowest BCUT2D eigenvalue weighted by atomic mass is 10.1. The van der Waals surface area contributed by atoms with E-state index in [1.165, 1.54) is 0 Å². The molecule has 0 bridgehead atoms. The van der Waals surface area contributed by atoms with Gasteiger partial charge in [-0.05, 0) is 49.1 Å². The summed E-state index contributed by atoms with van der Waals surface area (Å²) in [4.78, 5) is 12.1. The molecule has 1 aliphatic carbocycles. The minimum atomic E-state index is -0.246. The third kappa shape index (κ3) is 4.51. The van der Waals surface area contributed by atoms with Crippen LogP contribution in [0.4, 0.5) is 10.5 Å². The maximum absolute atomic E-state index is 12.1. The zero-order valence-electron chi connectivity index (χ0n) is 14.4. The van der Waals surface area contributed by atoms with Crippen molar-refractivity contribution in [2.45, 2.75) is 26.4 Å². The topological polar surface area (TPSA) is 70.6 Å². The number of amides is 2. The second-order valence-electron chi connectivity index (χ2n) is 6.66. The molecule has 3 rings (SSSR count). The van der Waals surface area contributed by atoms with Crippen LogP contribution in [0.25, 0.3) is 0 Å². The van der Waals surface area contributed by atoms with Gasteiger partial charge < -0.3 is 20.5 Å². The summed E-state index contributed by atoms with van der Waals surface area (Å²) < 4.78 is 5.79. The summed E-state index contributed by atoms with van der Waals surface area (Å²) in [5, 5.41) is 15.0. The Balaban J connectivity index is 1.57. The SMILES string of the molecule is Cc1c(COc2ccccc2)cccc1NC(=O)NCC1(CO)CC1. The highest BCUT2D eigenvalue weighted by atomic mass is 16.5. The zero-order valence-corrected chi connectivity index (χ0v) is 14.4. The minimum Gasteiger partial charge on any atom is -0.489 e. The molecule has 1 fully saturated rings. The average molecular weight is 340 g/mol. The predicted molar refractivity (Wildman–Crippen MR) is 97.7 cm³/mol. The molecule has 25 heavy (non-hydrogen) atoms. The summed E-state index contributed by atoms with van der Waals surface area (Å²) in [5.74, 6) is 0.816. The maximum atomic E-state index is 12.1. The number of anilines is 1. The zero-order chi connectivity index (χ0) is 17.7. The lowest BCUT2D eigenvalue weighted by Crippen LogP contribution is -2.35. The van der Waals surface area contributed by atoms with Crippen LogP contribution in [0.3, 0.4) is 0 Å². The molecule has 3 N–H and O–H groups in total. The molecule has 0 atom stereocenters. The summed E-state index contributed by atoms with van der Waals surface area (Å²) >= 11 is 0. The number of para-hydroxylation sites is 1. The quantitative estimate of drug-likeness (QED) is 0.723. The van der Waals surface area contributed by atoms with Crippen LogP contribution < -0.4 is 15.4 Å². The molecule has 2 aromatic rings. The molecule has 0 heterocycles. The van der Waals surface area contributed by atoms with Gasteiger partial charge in [0.25, 0.3) is 0 Å². The van der Waals surface area contributed by atoms with E-state index in [-0.39, 0.29) is 18.1 Å². The highest BCUT2D eigenvalue weighted by Gasteiger charge is 2.42. The summed E-state index contributed by atoms with van der Waals surface area (Å²) in [6.45, 7) is 3.04. The van der Waals surface area contributed by atoms with Gasteiger partial charge in [-0.25, -0.2) is 4.79 Å². The first-order valence-electron chi connectivity index (χ1n) is 8.54. The summed E-state index contributed by atoms with van der Waals surface area (Å²) in [6, 6.07) is 15.2. The van der Waals surface area contributed by atoms with Gasteiger partial charge in [-0.1, -0.05) is 30.3 Å². The number of hydrogen-bond donors (Lipinski definition) is 3. The standard InChI is InChI=1S/C20H24N2O3/c1-15-16(12-25-17-7-3-2-4-8-17)6-5-9-18(15)22-19(24)21-13-20(14-23)10-11-20/h2-9,23H,10-14H2,1H3,(H2,21,22,24). The van der Waals surface area contributed by atoms with E-state index >= 15 is 0 Å². The molecule has 0 spiro atoms. The first-order valence-corrected chi connectivity index (χ1v) is 8.54. The van der Waals surface area contributed by atoms with E-state index in [1.807, 2.05) is 55.5 Å². The first-order chi connectivity index (χ1) is 12.1. The van der Waals surface area contributed by atoms with Crippen LogP contribution in [0.15, 0.2) is 48.5 Å². The Morgan fingerprint density at radius 2 is 1.92 bits per heavy atom.